The topological polar surface area (TPSA) is 43.4 Å². The van der Waals surface area contributed by atoms with E-state index in [4.69, 9.17) is 15.4 Å². The summed E-state index contributed by atoms with van der Waals surface area (Å²) in [5, 5.41) is 0. The van der Waals surface area contributed by atoms with Crippen molar-refractivity contribution in [3.63, 3.8) is 0 Å². The smallest absolute Gasteiger partial charge is 0.261 e. The molecule has 1 aliphatic rings. The van der Waals surface area contributed by atoms with Gasteiger partial charge in [-0.3, -0.25) is 0 Å². The maximum Gasteiger partial charge on any atom is 0.261 e. The molecule has 0 saturated heterocycles. The summed E-state index contributed by atoms with van der Waals surface area (Å²) in [5.41, 5.74) is 0.811. The van der Waals surface area contributed by atoms with Gasteiger partial charge in [0.15, 0.2) is 0 Å². The van der Waals surface area contributed by atoms with Crippen LogP contribution in [-0.4, -0.2) is 15.5 Å². The third-order valence-corrected chi connectivity index (χ3v) is 3.88. The molecule has 0 N–H and O–H groups in total. The van der Waals surface area contributed by atoms with E-state index in [-0.39, 0.29) is 4.90 Å². The molecule has 1 fully saturated rings. The van der Waals surface area contributed by atoms with Crippen LogP contribution in [0.2, 0.25) is 0 Å². The highest BCUT2D eigenvalue weighted by Gasteiger charge is 2.29. The Morgan fingerprint density at radius 1 is 1.40 bits per heavy atom. The van der Waals surface area contributed by atoms with Crippen molar-refractivity contribution in [2.75, 3.05) is 7.11 Å². The van der Waals surface area contributed by atoms with Gasteiger partial charge in [-0.05, 0) is 30.4 Å². The Kier molecular flexibility index (Phi) is 2.64. The lowest BCUT2D eigenvalue weighted by Gasteiger charge is -2.07. The molecule has 0 atom stereocenters. The summed E-state index contributed by atoms with van der Waals surface area (Å²) in [4.78, 5) is 0.186. The van der Waals surface area contributed by atoms with Crippen LogP contribution in [-0.2, 0) is 9.05 Å². The van der Waals surface area contributed by atoms with Crippen LogP contribution >= 0.6 is 10.7 Å². The fourth-order valence-corrected chi connectivity index (χ4v) is 2.76. The van der Waals surface area contributed by atoms with Crippen LogP contribution in [0.3, 0.4) is 0 Å². The van der Waals surface area contributed by atoms with Gasteiger partial charge in [0.25, 0.3) is 9.05 Å². The quantitative estimate of drug-likeness (QED) is 0.770. The average molecular weight is 247 g/mol. The molecule has 0 bridgehead atoms. The lowest BCUT2D eigenvalue weighted by Crippen LogP contribution is -1.98. The SMILES string of the molecule is COc1ccc(C2CC2)c(S(=O)(=O)Cl)c1. The minimum absolute atomic E-state index is 0.186. The standard InChI is InChI=1S/C10H11ClO3S/c1-14-8-4-5-9(7-2-3-7)10(6-8)15(11,12)13/h4-7H,2-3H2,1H3. The fraction of sp³-hybridized carbons (Fsp3) is 0.400. The van der Waals surface area contributed by atoms with E-state index in [2.05, 4.69) is 0 Å². The molecule has 0 amide bonds. The second-order valence-electron chi connectivity index (χ2n) is 3.62. The normalized spacial score (nSPS) is 16.4. The molecule has 82 valence electrons. The molecule has 0 aliphatic heterocycles. The highest BCUT2D eigenvalue weighted by Crippen LogP contribution is 2.44. The molecule has 5 heteroatoms. The van der Waals surface area contributed by atoms with Gasteiger partial charge in [-0.2, -0.15) is 0 Å². The molecule has 0 spiro atoms. The molecule has 3 nitrogen and oxygen atoms in total. The number of methoxy groups -OCH3 is 1. The lowest BCUT2D eigenvalue weighted by molar-refractivity contribution is 0.413. The number of benzene rings is 1. The lowest BCUT2D eigenvalue weighted by atomic mass is 10.1. The van der Waals surface area contributed by atoms with Gasteiger partial charge in [-0.1, -0.05) is 6.07 Å². The van der Waals surface area contributed by atoms with Crippen molar-refractivity contribution in [3.05, 3.63) is 23.8 Å². The summed E-state index contributed by atoms with van der Waals surface area (Å²) in [5.74, 6) is 0.859. The number of hydrogen-bond donors (Lipinski definition) is 0. The van der Waals surface area contributed by atoms with Gasteiger partial charge in [-0.15, -0.1) is 0 Å². The van der Waals surface area contributed by atoms with Crippen LogP contribution in [0.4, 0.5) is 0 Å². The maximum atomic E-state index is 11.4. The number of ether oxygens (including phenoxy) is 1. The summed E-state index contributed by atoms with van der Waals surface area (Å²) in [6.45, 7) is 0. The van der Waals surface area contributed by atoms with Gasteiger partial charge >= 0.3 is 0 Å². The van der Waals surface area contributed by atoms with Gasteiger partial charge in [0.05, 0.1) is 12.0 Å². The predicted molar refractivity (Wildman–Crippen MR) is 58.0 cm³/mol. The van der Waals surface area contributed by atoms with Crippen LogP contribution in [0.1, 0.15) is 24.3 Å². The van der Waals surface area contributed by atoms with Crippen molar-refractivity contribution >= 4 is 19.7 Å². The molecule has 2 rings (SSSR count). The first-order chi connectivity index (χ1) is 7.02. The predicted octanol–water partition coefficient (Wildman–Crippen LogP) is 2.50. The van der Waals surface area contributed by atoms with Crippen molar-refractivity contribution < 1.29 is 13.2 Å². The molecule has 1 aromatic rings. The molecule has 1 aliphatic carbocycles. The summed E-state index contributed by atoms with van der Waals surface area (Å²) in [7, 11) is 3.20. The van der Waals surface area contributed by atoms with Gasteiger partial charge in [-0.25, -0.2) is 8.42 Å². The van der Waals surface area contributed by atoms with E-state index in [9.17, 15) is 8.42 Å². The van der Waals surface area contributed by atoms with E-state index < -0.39 is 9.05 Å². The Balaban J connectivity index is 2.55. The van der Waals surface area contributed by atoms with Crippen LogP contribution < -0.4 is 4.74 Å². The van der Waals surface area contributed by atoms with Crippen molar-refractivity contribution in [1.82, 2.24) is 0 Å². The Morgan fingerprint density at radius 3 is 2.53 bits per heavy atom. The molecular formula is C10H11ClO3S. The van der Waals surface area contributed by atoms with Crippen LogP contribution in [0.5, 0.6) is 5.75 Å². The zero-order chi connectivity index (χ0) is 11.1. The molecule has 0 aromatic heterocycles. The van der Waals surface area contributed by atoms with E-state index in [1.807, 2.05) is 0 Å². The zero-order valence-electron chi connectivity index (χ0n) is 8.23. The summed E-state index contributed by atoms with van der Waals surface area (Å²) in [6.07, 6.45) is 2.07. The molecule has 1 aromatic carbocycles. The van der Waals surface area contributed by atoms with Crippen molar-refractivity contribution in [2.24, 2.45) is 0 Å². The van der Waals surface area contributed by atoms with Gasteiger partial charge in [0.1, 0.15) is 5.75 Å². The van der Waals surface area contributed by atoms with E-state index in [1.165, 1.54) is 13.2 Å². The van der Waals surface area contributed by atoms with Crippen molar-refractivity contribution in [1.29, 1.82) is 0 Å². The van der Waals surface area contributed by atoms with Crippen LogP contribution in [0, 0.1) is 0 Å². The summed E-state index contributed by atoms with van der Waals surface area (Å²) < 4.78 is 27.7. The van der Waals surface area contributed by atoms with E-state index in [1.54, 1.807) is 12.1 Å². The second-order valence-corrected chi connectivity index (χ2v) is 6.15. The highest BCUT2D eigenvalue weighted by molar-refractivity contribution is 8.13. The Morgan fingerprint density at radius 2 is 2.07 bits per heavy atom. The molecule has 0 radical (unpaired) electrons. The summed E-state index contributed by atoms with van der Waals surface area (Å²) in [6, 6.07) is 5.03. The van der Waals surface area contributed by atoms with E-state index in [0.717, 1.165) is 18.4 Å². The molecular weight excluding hydrogens is 236 g/mol. The third kappa shape index (κ3) is 2.26. The molecule has 0 unspecified atom stereocenters. The van der Waals surface area contributed by atoms with E-state index in [0.29, 0.717) is 11.7 Å². The largest absolute Gasteiger partial charge is 0.497 e. The molecule has 0 heterocycles. The number of rotatable bonds is 3. The number of halogens is 1. The van der Waals surface area contributed by atoms with Crippen LogP contribution in [0.25, 0.3) is 0 Å². The zero-order valence-corrected chi connectivity index (χ0v) is 9.81. The minimum Gasteiger partial charge on any atom is -0.497 e. The molecule has 1 saturated carbocycles. The maximum absolute atomic E-state index is 11.4. The minimum atomic E-state index is -3.68. The Hall–Kier alpha value is -0.740. The Bertz CT molecular complexity index is 477. The number of hydrogen-bond acceptors (Lipinski definition) is 3. The highest BCUT2D eigenvalue weighted by atomic mass is 35.7. The summed E-state index contributed by atoms with van der Waals surface area (Å²) >= 11 is 0. The van der Waals surface area contributed by atoms with Gasteiger partial charge in [0.2, 0.25) is 0 Å². The van der Waals surface area contributed by atoms with Gasteiger partial charge < -0.3 is 4.74 Å². The van der Waals surface area contributed by atoms with Crippen molar-refractivity contribution in [2.45, 2.75) is 23.7 Å². The first kappa shape index (κ1) is 10.8. The molecule has 15 heavy (non-hydrogen) atoms. The van der Waals surface area contributed by atoms with Crippen LogP contribution in [0.15, 0.2) is 23.1 Å². The monoisotopic (exact) mass is 246 g/mol. The Labute approximate surface area is 93.4 Å². The van der Waals surface area contributed by atoms with Gasteiger partial charge in [0, 0.05) is 16.7 Å². The fourth-order valence-electron chi connectivity index (χ4n) is 1.58. The first-order valence-electron chi connectivity index (χ1n) is 4.65. The average Bonchev–Trinajstić information content (AvgIpc) is 2.99. The second kappa shape index (κ2) is 3.68. The first-order valence-corrected chi connectivity index (χ1v) is 6.96. The third-order valence-electron chi connectivity index (χ3n) is 2.50. The van der Waals surface area contributed by atoms with Crippen molar-refractivity contribution in [3.8, 4) is 5.75 Å². The van der Waals surface area contributed by atoms with E-state index >= 15 is 0 Å².